The number of nitrogens with zero attached hydrogens (tertiary/aromatic N) is 2. The first kappa shape index (κ1) is 16.4. The van der Waals surface area contributed by atoms with Crippen LogP contribution in [-0.4, -0.2) is 55.2 Å². The van der Waals surface area contributed by atoms with Gasteiger partial charge >= 0.3 is 0 Å². The van der Waals surface area contributed by atoms with Gasteiger partial charge in [0.2, 0.25) is 15.9 Å². The number of aryl methyl sites for hydroxylation is 2. The van der Waals surface area contributed by atoms with Crippen molar-refractivity contribution in [3.8, 4) is 0 Å². The van der Waals surface area contributed by atoms with Gasteiger partial charge in [-0.15, -0.1) is 0 Å². The van der Waals surface area contributed by atoms with Crippen LogP contribution in [0.15, 0.2) is 12.3 Å². The summed E-state index contributed by atoms with van der Waals surface area (Å²) in [6.07, 6.45) is 4.48. The maximum absolute atomic E-state index is 12.2. The van der Waals surface area contributed by atoms with Crippen LogP contribution in [0.5, 0.6) is 0 Å². The molecule has 8 nitrogen and oxygen atoms in total. The van der Waals surface area contributed by atoms with E-state index in [9.17, 15) is 13.2 Å². The Morgan fingerprint density at radius 1 is 1.48 bits per heavy atom. The third-order valence-corrected chi connectivity index (χ3v) is 5.29. The zero-order valence-corrected chi connectivity index (χ0v) is 14.0. The van der Waals surface area contributed by atoms with E-state index in [0.29, 0.717) is 19.4 Å². The molecule has 1 aromatic heterocycles. The highest BCUT2D eigenvalue weighted by molar-refractivity contribution is 7.88. The molecule has 1 aliphatic heterocycles. The Morgan fingerprint density at radius 3 is 2.91 bits per heavy atom. The maximum Gasteiger partial charge on any atom is 0.220 e. The smallest absolute Gasteiger partial charge is 0.220 e. The lowest BCUT2D eigenvalue weighted by atomic mass is 9.72. The summed E-state index contributed by atoms with van der Waals surface area (Å²) < 4.78 is 32.9. The molecule has 9 heteroatoms. The highest BCUT2D eigenvalue weighted by Crippen LogP contribution is 2.39. The minimum atomic E-state index is -3.34. The standard InChI is InChI=1S/C14H22N4O4S/c1-18-9(5-7-15-18)3-4-11(19)16-12-10-6-8-22-14(10)13(12)17-23(2,20)21/h5,7,10,12-14,17H,3-4,6,8H2,1-2H3,(H,16,19)/t10-,12+,13-,14-/m1/s1. The van der Waals surface area contributed by atoms with E-state index in [0.717, 1.165) is 18.4 Å². The highest BCUT2D eigenvalue weighted by Gasteiger charge is 2.55. The van der Waals surface area contributed by atoms with Crippen LogP contribution in [0.4, 0.5) is 0 Å². The van der Waals surface area contributed by atoms with Gasteiger partial charge in [0, 0.05) is 37.9 Å². The van der Waals surface area contributed by atoms with Crippen LogP contribution in [0.1, 0.15) is 18.5 Å². The number of hydrogen-bond donors (Lipinski definition) is 2. The van der Waals surface area contributed by atoms with Crippen LogP contribution in [0.2, 0.25) is 0 Å². The molecule has 0 bridgehead atoms. The fraction of sp³-hybridized carbons (Fsp3) is 0.714. The molecule has 0 spiro atoms. The van der Waals surface area contributed by atoms with Gasteiger partial charge in [-0.05, 0) is 18.9 Å². The van der Waals surface area contributed by atoms with E-state index < -0.39 is 10.0 Å². The average molecular weight is 342 g/mol. The number of fused-ring (bicyclic) bond motifs is 1. The molecule has 2 N–H and O–H groups in total. The largest absolute Gasteiger partial charge is 0.376 e. The first-order chi connectivity index (χ1) is 10.8. The molecule has 1 aliphatic carbocycles. The van der Waals surface area contributed by atoms with Crippen molar-refractivity contribution in [3.63, 3.8) is 0 Å². The lowest BCUT2D eigenvalue weighted by molar-refractivity contribution is -0.125. The molecule has 1 amide bonds. The lowest BCUT2D eigenvalue weighted by Gasteiger charge is -2.47. The minimum Gasteiger partial charge on any atom is -0.376 e. The number of carbonyl (C=O) groups excluding carboxylic acids is 1. The molecule has 0 unspecified atom stereocenters. The van der Waals surface area contributed by atoms with E-state index in [4.69, 9.17) is 4.74 Å². The Kier molecular flexibility index (Phi) is 4.43. The SMILES string of the molecule is Cn1nccc1CCC(=O)N[C@H]1[C@H]2CCO[C@H]2[C@@H]1NS(C)(=O)=O. The summed E-state index contributed by atoms with van der Waals surface area (Å²) in [7, 11) is -1.50. The summed E-state index contributed by atoms with van der Waals surface area (Å²) in [5, 5.41) is 7.04. The van der Waals surface area contributed by atoms with E-state index >= 15 is 0 Å². The summed E-state index contributed by atoms with van der Waals surface area (Å²) >= 11 is 0. The molecule has 2 fully saturated rings. The maximum atomic E-state index is 12.2. The van der Waals surface area contributed by atoms with Gasteiger partial charge in [-0.1, -0.05) is 0 Å². The molecule has 3 rings (SSSR count). The Morgan fingerprint density at radius 2 is 2.26 bits per heavy atom. The Bertz CT molecular complexity index is 687. The monoisotopic (exact) mass is 342 g/mol. The number of nitrogens with one attached hydrogen (secondary N) is 2. The van der Waals surface area contributed by atoms with E-state index in [2.05, 4.69) is 15.1 Å². The second kappa shape index (κ2) is 6.21. The van der Waals surface area contributed by atoms with Crippen molar-refractivity contribution in [1.29, 1.82) is 0 Å². The molecule has 0 radical (unpaired) electrons. The third kappa shape index (κ3) is 3.56. The van der Waals surface area contributed by atoms with Crippen molar-refractivity contribution in [2.24, 2.45) is 13.0 Å². The van der Waals surface area contributed by atoms with Gasteiger partial charge in [0.05, 0.1) is 24.4 Å². The van der Waals surface area contributed by atoms with Crippen LogP contribution < -0.4 is 10.0 Å². The van der Waals surface area contributed by atoms with Gasteiger partial charge in [-0.2, -0.15) is 5.10 Å². The van der Waals surface area contributed by atoms with Crippen LogP contribution in [0.25, 0.3) is 0 Å². The Labute approximate surface area is 135 Å². The summed E-state index contributed by atoms with van der Waals surface area (Å²) in [4.78, 5) is 12.2. The molecule has 2 heterocycles. The number of aromatic nitrogens is 2. The van der Waals surface area contributed by atoms with Crippen molar-refractivity contribution in [2.45, 2.75) is 37.5 Å². The normalized spacial score (nSPS) is 29.8. The quantitative estimate of drug-likeness (QED) is 0.703. The highest BCUT2D eigenvalue weighted by atomic mass is 32.2. The number of ether oxygens (including phenoxy) is 1. The summed E-state index contributed by atoms with van der Waals surface area (Å²) in [6, 6.07) is 1.31. The number of rotatable bonds is 6. The van der Waals surface area contributed by atoms with Gasteiger partial charge in [0.1, 0.15) is 0 Å². The predicted molar refractivity (Wildman–Crippen MR) is 83.1 cm³/mol. The van der Waals surface area contributed by atoms with E-state index in [1.54, 1.807) is 10.9 Å². The zero-order valence-electron chi connectivity index (χ0n) is 13.2. The topological polar surface area (TPSA) is 102 Å². The number of carbonyl (C=O) groups is 1. The first-order valence-corrected chi connectivity index (χ1v) is 9.59. The number of sulfonamides is 1. The van der Waals surface area contributed by atoms with Crippen molar-refractivity contribution in [1.82, 2.24) is 19.8 Å². The van der Waals surface area contributed by atoms with Gasteiger partial charge in [-0.3, -0.25) is 9.48 Å². The average Bonchev–Trinajstić information content (AvgIpc) is 3.06. The fourth-order valence-corrected chi connectivity index (χ4v) is 4.21. The first-order valence-electron chi connectivity index (χ1n) is 7.70. The molecule has 0 aromatic carbocycles. The summed E-state index contributed by atoms with van der Waals surface area (Å²) in [5.41, 5.74) is 0.988. The van der Waals surface area contributed by atoms with Crippen molar-refractivity contribution < 1.29 is 17.9 Å². The molecular formula is C14H22N4O4S. The summed E-state index contributed by atoms with van der Waals surface area (Å²) in [6.45, 7) is 0.610. The molecule has 4 atom stereocenters. The third-order valence-electron chi connectivity index (χ3n) is 4.59. The van der Waals surface area contributed by atoms with E-state index in [1.807, 2.05) is 13.1 Å². The molecule has 1 saturated heterocycles. The molecule has 23 heavy (non-hydrogen) atoms. The van der Waals surface area contributed by atoms with Gasteiger partial charge in [-0.25, -0.2) is 13.1 Å². The van der Waals surface area contributed by atoms with Crippen LogP contribution in [-0.2, 0) is 33.0 Å². The van der Waals surface area contributed by atoms with Crippen LogP contribution in [0.3, 0.4) is 0 Å². The molecule has 128 valence electrons. The Balaban J connectivity index is 1.57. The second-order valence-corrected chi connectivity index (χ2v) is 8.02. The predicted octanol–water partition coefficient (Wildman–Crippen LogP) is -0.826. The minimum absolute atomic E-state index is 0.0816. The van der Waals surface area contributed by atoms with Crippen LogP contribution in [0, 0.1) is 5.92 Å². The molecular weight excluding hydrogens is 320 g/mol. The molecule has 1 aromatic rings. The summed E-state index contributed by atoms with van der Waals surface area (Å²) in [5.74, 6) is 0.108. The van der Waals surface area contributed by atoms with Crippen molar-refractivity contribution in [3.05, 3.63) is 18.0 Å². The number of hydrogen-bond acceptors (Lipinski definition) is 5. The van der Waals surface area contributed by atoms with Gasteiger partial charge in [0.25, 0.3) is 0 Å². The lowest BCUT2D eigenvalue weighted by Crippen LogP contribution is -2.70. The second-order valence-electron chi connectivity index (χ2n) is 6.24. The number of amides is 1. The van der Waals surface area contributed by atoms with E-state index in [-0.39, 0.29) is 30.0 Å². The van der Waals surface area contributed by atoms with E-state index in [1.165, 1.54) is 0 Å². The molecule has 2 aliphatic rings. The zero-order chi connectivity index (χ0) is 16.6. The molecule has 1 saturated carbocycles. The Hall–Kier alpha value is -1.45. The van der Waals surface area contributed by atoms with Gasteiger partial charge < -0.3 is 10.1 Å². The fourth-order valence-electron chi connectivity index (χ4n) is 3.44. The van der Waals surface area contributed by atoms with Crippen molar-refractivity contribution in [2.75, 3.05) is 12.9 Å². The van der Waals surface area contributed by atoms with Crippen molar-refractivity contribution >= 4 is 15.9 Å². The van der Waals surface area contributed by atoms with Crippen LogP contribution >= 0.6 is 0 Å². The van der Waals surface area contributed by atoms with Gasteiger partial charge in [0.15, 0.2) is 0 Å².